The highest BCUT2D eigenvalue weighted by molar-refractivity contribution is 14.0. The third-order valence-electron chi connectivity index (χ3n) is 4.15. The number of nitrogens with zero attached hydrogens (tertiary/aromatic N) is 2. The molecule has 0 aliphatic carbocycles. The molecule has 0 aromatic carbocycles. The van der Waals surface area contributed by atoms with Crippen molar-refractivity contribution in [3.8, 4) is 0 Å². The summed E-state index contributed by atoms with van der Waals surface area (Å²) in [6.07, 6.45) is 0.607. The highest BCUT2D eigenvalue weighted by Crippen LogP contribution is 2.19. The zero-order chi connectivity index (χ0) is 19.4. The Balaban J connectivity index is 0.00000676. The van der Waals surface area contributed by atoms with Gasteiger partial charge < -0.3 is 15.4 Å². The summed E-state index contributed by atoms with van der Waals surface area (Å²) < 4.78 is 41.9. The number of likely N-dealkylation sites (tertiary alicyclic amines) is 1. The number of methoxy groups -OCH3 is 1. The van der Waals surface area contributed by atoms with E-state index >= 15 is 0 Å². The number of aliphatic imine (C=N–C) groups is 1. The Hall–Kier alpha value is -0.780. The number of nitrogens with one attached hydrogen (secondary N) is 2. The molecule has 1 aliphatic heterocycles. The summed E-state index contributed by atoms with van der Waals surface area (Å²) in [5, 5.41) is 6.36. The third-order valence-corrected chi connectivity index (χ3v) is 4.15. The van der Waals surface area contributed by atoms with E-state index in [1.165, 1.54) is 12.0 Å². The molecule has 0 saturated carbocycles. The van der Waals surface area contributed by atoms with Crippen LogP contribution >= 0.6 is 24.0 Å². The number of unbranched alkanes of at least 4 members (excludes halogenated alkanes) is 3. The summed E-state index contributed by atoms with van der Waals surface area (Å²) in [6, 6.07) is -0.0183. The van der Waals surface area contributed by atoms with Gasteiger partial charge in [-0.3, -0.25) is 14.7 Å². The van der Waals surface area contributed by atoms with Gasteiger partial charge in [0.05, 0.1) is 13.7 Å². The summed E-state index contributed by atoms with van der Waals surface area (Å²) in [6.45, 7) is 3.25. The quantitative estimate of drug-likeness (QED) is 0.156. The number of esters is 1. The maximum absolute atomic E-state index is 12.5. The summed E-state index contributed by atoms with van der Waals surface area (Å²) in [5.41, 5.74) is 0. The summed E-state index contributed by atoms with van der Waals surface area (Å²) in [4.78, 5) is 16.9. The van der Waals surface area contributed by atoms with Crippen molar-refractivity contribution in [3.63, 3.8) is 0 Å². The predicted molar refractivity (Wildman–Crippen MR) is 111 cm³/mol. The first-order chi connectivity index (χ1) is 12.3. The van der Waals surface area contributed by atoms with E-state index in [-0.39, 0.29) is 36.0 Å². The molecule has 0 aromatic rings. The minimum absolute atomic E-state index is 0. The molecule has 1 aliphatic rings. The Morgan fingerprint density at radius 2 is 1.96 bits per heavy atom. The van der Waals surface area contributed by atoms with Gasteiger partial charge in [-0.2, -0.15) is 13.2 Å². The van der Waals surface area contributed by atoms with Crippen molar-refractivity contribution in [2.45, 2.75) is 57.7 Å². The van der Waals surface area contributed by atoms with Crippen molar-refractivity contribution in [2.75, 3.05) is 39.8 Å². The van der Waals surface area contributed by atoms with E-state index in [9.17, 15) is 18.0 Å². The van der Waals surface area contributed by atoms with Crippen LogP contribution in [0.25, 0.3) is 0 Å². The zero-order valence-corrected chi connectivity index (χ0v) is 18.4. The second kappa shape index (κ2) is 14.3. The van der Waals surface area contributed by atoms with Gasteiger partial charge in [-0.15, -0.1) is 24.0 Å². The second-order valence-electron chi connectivity index (χ2n) is 6.48. The monoisotopic (exact) mass is 508 g/mol. The number of guanidine groups is 1. The lowest BCUT2D eigenvalue weighted by Gasteiger charge is -2.19. The summed E-state index contributed by atoms with van der Waals surface area (Å²) >= 11 is 0. The SMILES string of the molecule is CCNC(=NCCCCCCC(=O)OC)NC1CCN(CC(F)(F)F)C1.I. The first kappa shape index (κ1) is 26.2. The molecule has 2 N–H and O–H groups in total. The number of carbonyl (C=O) groups is 1. The molecule has 1 rings (SSSR count). The van der Waals surface area contributed by atoms with Gasteiger partial charge in [0.1, 0.15) is 0 Å². The average molecular weight is 508 g/mol. The molecule has 1 heterocycles. The van der Waals surface area contributed by atoms with Crippen LogP contribution in [0.5, 0.6) is 0 Å². The molecular weight excluding hydrogens is 476 g/mol. The predicted octanol–water partition coefficient (Wildman–Crippen LogP) is 2.92. The van der Waals surface area contributed by atoms with Crippen LogP contribution in [0.3, 0.4) is 0 Å². The van der Waals surface area contributed by atoms with Crippen molar-refractivity contribution in [2.24, 2.45) is 4.99 Å². The summed E-state index contributed by atoms with van der Waals surface area (Å²) in [5.74, 6) is 0.471. The van der Waals surface area contributed by atoms with Gasteiger partial charge in [0.25, 0.3) is 0 Å². The molecule has 0 bridgehead atoms. The number of alkyl halides is 3. The first-order valence-electron chi connectivity index (χ1n) is 9.24. The Bertz CT molecular complexity index is 450. The molecular formula is C17H32F3IN4O2. The summed E-state index contributed by atoms with van der Waals surface area (Å²) in [7, 11) is 1.39. The molecule has 0 amide bonds. The third kappa shape index (κ3) is 13.1. The molecule has 27 heavy (non-hydrogen) atoms. The number of hydrogen-bond acceptors (Lipinski definition) is 4. The maximum atomic E-state index is 12.5. The minimum Gasteiger partial charge on any atom is -0.469 e. The lowest BCUT2D eigenvalue weighted by Crippen LogP contribution is -2.45. The Labute approximate surface area is 176 Å². The van der Waals surface area contributed by atoms with Gasteiger partial charge in [0, 0.05) is 38.6 Å². The van der Waals surface area contributed by atoms with Crippen LogP contribution in [0.4, 0.5) is 13.2 Å². The van der Waals surface area contributed by atoms with E-state index < -0.39 is 12.7 Å². The van der Waals surface area contributed by atoms with Gasteiger partial charge in [-0.1, -0.05) is 12.8 Å². The van der Waals surface area contributed by atoms with Crippen LogP contribution in [-0.2, 0) is 9.53 Å². The molecule has 6 nitrogen and oxygen atoms in total. The van der Waals surface area contributed by atoms with Crippen molar-refractivity contribution < 1.29 is 22.7 Å². The largest absolute Gasteiger partial charge is 0.469 e. The van der Waals surface area contributed by atoms with Crippen LogP contribution in [0.2, 0.25) is 0 Å². The van der Waals surface area contributed by atoms with E-state index in [4.69, 9.17) is 0 Å². The second-order valence-corrected chi connectivity index (χ2v) is 6.48. The van der Waals surface area contributed by atoms with Gasteiger partial charge in [0.2, 0.25) is 0 Å². The molecule has 160 valence electrons. The number of rotatable bonds is 10. The minimum atomic E-state index is -4.15. The van der Waals surface area contributed by atoms with Crippen molar-refractivity contribution in [1.82, 2.24) is 15.5 Å². The van der Waals surface area contributed by atoms with Crippen LogP contribution in [-0.4, -0.2) is 68.9 Å². The van der Waals surface area contributed by atoms with Crippen LogP contribution in [0, 0.1) is 0 Å². The molecule has 0 spiro atoms. The first-order valence-corrected chi connectivity index (χ1v) is 9.24. The fourth-order valence-electron chi connectivity index (χ4n) is 2.89. The molecule has 10 heteroatoms. The average Bonchev–Trinajstić information content (AvgIpc) is 2.98. The van der Waals surface area contributed by atoms with Crippen LogP contribution in [0.15, 0.2) is 4.99 Å². The highest BCUT2D eigenvalue weighted by atomic mass is 127. The fraction of sp³-hybridized carbons (Fsp3) is 0.882. The number of carbonyl (C=O) groups excluding carboxylic acids is 1. The molecule has 1 fully saturated rings. The number of halogens is 4. The fourth-order valence-corrected chi connectivity index (χ4v) is 2.89. The lowest BCUT2D eigenvalue weighted by molar-refractivity contribution is -0.143. The van der Waals surface area contributed by atoms with Crippen LogP contribution in [0.1, 0.15) is 45.4 Å². The van der Waals surface area contributed by atoms with Gasteiger partial charge in [-0.25, -0.2) is 0 Å². The molecule has 1 saturated heterocycles. The highest BCUT2D eigenvalue weighted by Gasteiger charge is 2.34. The smallest absolute Gasteiger partial charge is 0.401 e. The van der Waals surface area contributed by atoms with E-state index in [2.05, 4.69) is 20.4 Å². The molecule has 1 unspecified atom stereocenters. The molecule has 0 aromatic heterocycles. The van der Waals surface area contributed by atoms with Crippen molar-refractivity contribution in [3.05, 3.63) is 0 Å². The number of ether oxygens (including phenoxy) is 1. The zero-order valence-electron chi connectivity index (χ0n) is 16.1. The molecule has 0 radical (unpaired) electrons. The normalized spacial score (nSPS) is 18.1. The topological polar surface area (TPSA) is 66.0 Å². The van der Waals surface area contributed by atoms with Crippen molar-refractivity contribution >= 4 is 35.9 Å². The lowest BCUT2D eigenvalue weighted by atomic mass is 10.1. The van der Waals surface area contributed by atoms with Gasteiger partial charge in [-0.05, 0) is 26.2 Å². The van der Waals surface area contributed by atoms with Gasteiger partial charge in [0.15, 0.2) is 5.96 Å². The Kier molecular flexibility index (Phi) is 13.8. The standard InChI is InChI=1S/C17H31F3N4O2.HI/c1-3-21-16(22-10-7-5-4-6-8-15(25)26-2)23-14-9-11-24(12-14)13-17(18,19)20;/h14H,3-13H2,1-2H3,(H2,21,22,23);1H. The Morgan fingerprint density at radius 1 is 1.26 bits per heavy atom. The number of hydrogen-bond donors (Lipinski definition) is 2. The van der Waals surface area contributed by atoms with E-state index in [1.54, 1.807) is 0 Å². The molecule has 1 atom stereocenters. The van der Waals surface area contributed by atoms with Crippen LogP contribution < -0.4 is 10.6 Å². The van der Waals surface area contributed by atoms with E-state index in [0.29, 0.717) is 45.0 Å². The Morgan fingerprint density at radius 3 is 2.59 bits per heavy atom. The van der Waals surface area contributed by atoms with E-state index in [0.717, 1.165) is 25.7 Å². The van der Waals surface area contributed by atoms with Crippen molar-refractivity contribution in [1.29, 1.82) is 0 Å². The maximum Gasteiger partial charge on any atom is 0.401 e. The van der Waals surface area contributed by atoms with Gasteiger partial charge >= 0.3 is 12.1 Å². The van der Waals surface area contributed by atoms with E-state index in [1.807, 2.05) is 6.92 Å².